The van der Waals surface area contributed by atoms with Crippen molar-refractivity contribution in [2.24, 2.45) is 0 Å². The minimum Gasteiger partial charge on any atom is -0.390 e. The maximum atomic E-state index is 9.35. The molecule has 2 N–H and O–H groups in total. The van der Waals surface area contributed by atoms with E-state index in [1.165, 1.54) is 0 Å². The summed E-state index contributed by atoms with van der Waals surface area (Å²) in [5.41, 5.74) is -0.358. The Morgan fingerprint density at radius 2 is 2.10 bits per heavy atom. The second-order valence-corrected chi connectivity index (χ2v) is 3.56. The Balaban J connectivity index is 2.08. The van der Waals surface area contributed by atoms with Crippen LogP contribution in [0.3, 0.4) is 0 Å². The largest absolute Gasteiger partial charge is 0.390 e. The first kappa shape index (κ1) is 6.58. The first-order valence-electron chi connectivity index (χ1n) is 3.65. The highest BCUT2D eigenvalue weighted by molar-refractivity contribution is 5.10. The highest BCUT2D eigenvalue weighted by Gasteiger charge is 2.61. The van der Waals surface area contributed by atoms with E-state index >= 15 is 0 Å². The molecule has 3 heteroatoms. The van der Waals surface area contributed by atoms with Crippen molar-refractivity contribution in [1.82, 2.24) is 0 Å². The highest BCUT2D eigenvalue weighted by Crippen LogP contribution is 2.52. The van der Waals surface area contributed by atoms with Gasteiger partial charge in [-0.25, -0.2) is 0 Å². The third-order valence-electron chi connectivity index (χ3n) is 2.42. The van der Waals surface area contributed by atoms with Crippen LogP contribution in [-0.2, 0) is 4.74 Å². The minimum absolute atomic E-state index is 0.332. The molecule has 2 fully saturated rings. The van der Waals surface area contributed by atoms with Crippen LogP contribution >= 0.6 is 0 Å². The predicted octanol–water partition coefficient (Wildman–Crippen LogP) is 0.00870. The SMILES string of the molecule is CC1(O)CC[C@@]2(CC2O)O1. The van der Waals surface area contributed by atoms with Crippen LogP contribution in [0.2, 0.25) is 0 Å². The molecule has 1 saturated carbocycles. The smallest absolute Gasteiger partial charge is 0.163 e. The lowest BCUT2D eigenvalue weighted by molar-refractivity contribution is -0.191. The third kappa shape index (κ3) is 0.779. The predicted molar refractivity (Wildman–Crippen MR) is 34.3 cm³/mol. The van der Waals surface area contributed by atoms with Crippen LogP contribution in [0.25, 0.3) is 0 Å². The van der Waals surface area contributed by atoms with Crippen molar-refractivity contribution in [3.8, 4) is 0 Å². The van der Waals surface area contributed by atoms with Gasteiger partial charge in [0.25, 0.3) is 0 Å². The normalized spacial score (nSPS) is 59.7. The monoisotopic (exact) mass is 144 g/mol. The highest BCUT2D eigenvalue weighted by atomic mass is 16.7. The van der Waals surface area contributed by atoms with Crippen molar-refractivity contribution in [2.45, 2.75) is 43.7 Å². The quantitative estimate of drug-likeness (QED) is 0.503. The van der Waals surface area contributed by atoms with Crippen LogP contribution in [0.15, 0.2) is 0 Å². The molecule has 58 valence electrons. The lowest BCUT2D eigenvalue weighted by Crippen LogP contribution is -2.25. The molecule has 1 aliphatic heterocycles. The zero-order chi connectivity index (χ0) is 7.41. The van der Waals surface area contributed by atoms with E-state index in [1.807, 2.05) is 0 Å². The first-order valence-corrected chi connectivity index (χ1v) is 3.65. The van der Waals surface area contributed by atoms with E-state index in [9.17, 15) is 5.11 Å². The Hall–Kier alpha value is -0.120. The Labute approximate surface area is 59.6 Å². The topological polar surface area (TPSA) is 49.7 Å². The van der Waals surface area contributed by atoms with Gasteiger partial charge in [-0.15, -0.1) is 0 Å². The first-order chi connectivity index (χ1) is 4.54. The summed E-state index contributed by atoms with van der Waals surface area (Å²) in [6.45, 7) is 1.65. The molecular formula is C7H12O3. The van der Waals surface area contributed by atoms with Gasteiger partial charge >= 0.3 is 0 Å². The lowest BCUT2D eigenvalue weighted by Gasteiger charge is -2.16. The third-order valence-corrected chi connectivity index (χ3v) is 2.42. The van der Waals surface area contributed by atoms with Gasteiger partial charge in [0.05, 0.1) is 6.10 Å². The van der Waals surface area contributed by atoms with E-state index in [4.69, 9.17) is 9.84 Å². The number of rotatable bonds is 0. The average molecular weight is 144 g/mol. The summed E-state index contributed by atoms with van der Waals surface area (Å²) in [6.07, 6.45) is 1.80. The molecule has 1 spiro atoms. The van der Waals surface area contributed by atoms with Gasteiger partial charge in [-0.2, -0.15) is 0 Å². The van der Waals surface area contributed by atoms with Gasteiger partial charge in [-0.3, -0.25) is 0 Å². The molecule has 10 heavy (non-hydrogen) atoms. The van der Waals surface area contributed by atoms with E-state index < -0.39 is 5.79 Å². The fourth-order valence-corrected chi connectivity index (χ4v) is 1.63. The van der Waals surface area contributed by atoms with Crippen LogP contribution < -0.4 is 0 Å². The van der Waals surface area contributed by atoms with E-state index in [2.05, 4.69) is 0 Å². The van der Waals surface area contributed by atoms with E-state index in [0.717, 1.165) is 6.42 Å². The molecule has 0 bridgehead atoms. The van der Waals surface area contributed by atoms with Crippen molar-refractivity contribution < 1.29 is 14.9 Å². The van der Waals surface area contributed by atoms with Gasteiger partial charge in [0.2, 0.25) is 0 Å². The summed E-state index contributed by atoms with van der Waals surface area (Å²) in [5.74, 6) is -0.989. The second kappa shape index (κ2) is 1.55. The van der Waals surface area contributed by atoms with Crippen molar-refractivity contribution in [3.63, 3.8) is 0 Å². The van der Waals surface area contributed by atoms with Crippen molar-refractivity contribution in [3.05, 3.63) is 0 Å². The molecule has 1 saturated heterocycles. The minimum atomic E-state index is -0.989. The van der Waals surface area contributed by atoms with Gasteiger partial charge in [0.15, 0.2) is 5.79 Å². The maximum absolute atomic E-state index is 9.35. The molecule has 0 aromatic carbocycles. The number of hydrogen-bond donors (Lipinski definition) is 2. The molecule has 1 heterocycles. The standard InChI is InChI=1S/C7H12O3/c1-6(9)2-3-7(10-6)4-5(7)8/h5,8-9H,2-4H2,1H3/t5?,6?,7-/m0/s1. The molecule has 0 aromatic heterocycles. The van der Waals surface area contributed by atoms with Crippen LogP contribution in [0.5, 0.6) is 0 Å². The number of ether oxygens (including phenoxy) is 1. The van der Waals surface area contributed by atoms with Gasteiger partial charge in [0.1, 0.15) is 5.60 Å². The molecule has 0 radical (unpaired) electrons. The Morgan fingerprint density at radius 3 is 2.30 bits per heavy atom. The van der Waals surface area contributed by atoms with Gasteiger partial charge in [-0.05, 0) is 13.3 Å². The van der Waals surface area contributed by atoms with E-state index in [0.29, 0.717) is 12.8 Å². The van der Waals surface area contributed by atoms with E-state index in [-0.39, 0.29) is 11.7 Å². The average Bonchev–Trinajstić information content (AvgIpc) is 2.25. The van der Waals surface area contributed by atoms with Gasteiger partial charge < -0.3 is 14.9 Å². The van der Waals surface area contributed by atoms with Crippen molar-refractivity contribution >= 4 is 0 Å². The summed E-state index contributed by atoms with van der Waals surface area (Å²) < 4.78 is 5.27. The lowest BCUT2D eigenvalue weighted by atomic mass is 10.1. The Morgan fingerprint density at radius 1 is 1.50 bits per heavy atom. The van der Waals surface area contributed by atoms with Gasteiger partial charge in [-0.1, -0.05) is 0 Å². The molecule has 3 atom stereocenters. The van der Waals surface area contributed by atoms with E-state index in [1.54, 1.807) is 6.92 Å². The Kier molecular flexibility index (Phi) is 1.02. The summed E-state index contributed by atoms with van der Waals surface area (Å²) >= 11 is 0. The molecule has 0 aromatic rings. The van der Waals surface area contributed by atoms with Crippen LogP contribution in [0, 0.1) is 0 Å². The fraction of sp³-hybridized carbons (Fsp3) is 1.00. The van der Waals surface area contributed by atoms with Crippen LogP contribution in [0.4, 0.5) is 0 Å². The van der Waals surface area contributed by atoms with Gasteiger partial charge in [0, 0.05) is 12.8 Å². The zero-order valence-corrected chi connectivity index (χ0v) is 6.00. The molecule has 0 amide bonds. The fourth-order valence-electron chi connectivity index (χ4n) is 1.63. The van der Waals surface area contributed by atoms with Crippen LogP contribution in [0.1, 0.15) is 26.2 Å². The van der Waals surface area contributed by atoms with Crippen LogP contribution in [-0.4, -0.2) is 27.7 Å². The number of aliphatic hydroxyl groups is 2. The molecule has 3 nitrogen and oxygen atoms in total. The maximum Gasteiger partial charge on any atom is 0.163 e. The molecular weight excluding hydrogens is 132 g/mol. The summed E-state index contributed by atoms with van der Waals surface area (Å²) in [7, 11) is 0. The van der Waals surface area contributed by atoms with Crippen molar-refractivity contribution in [2.75, 3.05) is 0 Å². The summed E-state index contributed by atoms with van der Waals surface area (Å²) in [6, 6.07) is 0. The second-order valence-electron chi connectivity index (χ2n) is 3.56. The molecule has 2 aliphatic rings. The molecule has 1 aliphatic carbocycles. The number of aliphatic hydroxyl groups excluding tert-OH is 1. The Bertz CT molecular complexity index is 166. The summed E-state index contributed by atoms with van der Waals surface area (Å²) in [5, 5.41) is 18.5. The zero-order valence-electron chi connectivity index (χ0n) is 6.00. The molecule has 2 rings (SSSR count). The summed E-state index contributed by atoms with van der Waals surface area (Å²) in [4.78, 5) is 0. The number of hydrogen-bond acceptors (Lipinski definition) is 3. The van der Waals surface area contributed by atoms with Crippen molar-refractivity contribution in [1.29, 1.82) is 0 Å². The molecule has 2 unspecified atom stereocenters.